The number of nitrogens with zero attached hydrogens (tertiary/aromatic N) is 1. The number of rotatable bonds is 2. The average molecular weight is 373 g/mol. The minimum Gasteiger partial charge on any atom is -0.376 e. The molecule has 0 amide bonds. The molecule has 1 heterocycles. The number of hydrogen-bond acceptors (Lipinski definition) is 3. The zero-order valence-corrected chi connectivity index (χ0v) is 17.1. The van der Waals surface area contributed by atoms with Gasteiger partial charge in [-0.1, -0.05) is 56.3 Å². The second kappa shape index (κ2) is 7.05. The molecule has 2 aliphatic rings. The van der Waals surface area contributed by atoms with E-state index in [4.69, 9.17) is 4.99 Å². The zero-order valence-electron chi connectivity index (χ0n) is 17.1. The lowest BCUT2D eigenvalue weighted by atomic mass is 9.69. The van der Waals surface area contributed by atoms with Crippen LogP contribution in [-0.2, 0) is 4.79 Å². The Hall–Kier alpha value is -2.68. The third-order valence-corrected chi connectivity index (χ3v) is 5.87. The van der Waals surface area contributed by atoms with Crippen molar-refractivity contribution in [3.63, 3.8) is 0 Å². The Bertz CT molecular complexity index is 970. The summed E-state index contributed by atoms with van der Waals surface area (Å²) in [7, 11) is 0. The normalized spacial score (nSPS) is 23.4. The molecule has 1 N–H and O–H groups in total. The number of ketones is 1. The van der Waals surface area contributed by atoms with Gasteiger partial charge >= 0.3 is 0 Å². The summed E-state index contributed by atoms with van der Waals surface area (Å²) in [5.41, 5.74) is 6.52. The van der Waals surface area contributed by atoms with Gasteiger partial charge in [-0.15, -0.1) is 0 Å². The smallest absolute Gasteiger partial charge is 0.144 e. The lowest BCUT2D eigenvalue weighted by Crippen LogP contribution is -2.45. The van der Waals surface area contributed by atoms with Crippen molar-refractivity contribution in [2.75, 3.05) is 5.32 Å². The molecule has 0 spiro atoms. The van der Waals surface area contributed by atoms with Crippen LogP contribution in [0.5, 0.6) is 0 Å². The van der Waals surface area contributed by atoms with E-state index >= 15 is 0 Å². The van der Waals surface area contributed by atoms with Crippen molar-refractivity contribution in [1.82, 2.24) is 0 Å². The van der Waals surface area contributed by atoms with Crippen LogP contribution in [0.1, 0.15) is 43.4 Å². The molecule has 2 aromatic carbocycles. The molecular weight excluding hydrogens is 344 g/mol. The molecule has 3 nitrogen and oxygen atoms in total. The van der Waals surface area contributed by atoms with Gasteiger partial charge in [0.25, 0.3) is 0 Å². The highest BCUT2D eigenvalue weighted by Crippen LogP contribution is 2.41. The van der Waals surface area contributed by atoms with Gasteiger partial charge in [-0.2, -0.15) is 0 Å². The van der Waals surface area contributed by atoms with Gasteiger partial charge in [0.05, 0.1) is 23.3 Å². The molecule has 144 valence electrons. The maximum atomic E-state index is 13.1. The van der Waals surface area contributed by atoms with E-state index in [9.17, 15) is 4.79 Å². The molecule has 1 saturated carbocycles. The maximum absolute atomic E-state index is 13.1. The van der Waals surface area contributed by atoms with Crippen LogP contribution >= 0.6 is 0 Å². The number of benzene rings is 2. The van der Waals surface area contributed by atoms with Gasteiger partial charge < -0.3 is 5.32 Å². The summed E-state index contributed by atoms with van der Waals surface area (Å²) in [4.78, 5) is 18.2. The molecule has 1 fully saturated rings. The van der Waals surface area contributed by atoms with Crippen LogP contribution in [0.15, 0.2) is 53.5 Å². The number of hydrogen-bond donors (Lipinski definition) is 1. The minimum atomic E-state index is -0.207. The zero-order chi connectivity index (χ0) is 19.9. The molecular formula is C25H28N2O. The molecule has 3 heteroatoms. The fourth-order valence-corrected chi connectivity index (χ4v) is 4.31. The summed E-state index contributed by atoms with van der Waals surface area (Å²) in [6.07, 6.45) is 5.69. The van der Waals surface area contributed by atoms with E-state index in [0.29, 0.717) is 6.42 Å². The summed E-state index contributed by atoms with van der Waals surface area (Å²) in [5.74, 6) is 0.0764. The molecule has 0 radical (unpaired) electrons. The minimum absolute atomic E-state index is 0.0373. The first kappa shape index (κ1) is 18.7. The van der Waals surface area contributed by atoms with Gasteiger partial charge in [-0.25, -0.2) is 0 Å². The maximum Gasteiger partial charge on any atom is 0.144 e. The fraction of sp³-hybridized carbons (Fsp3) is 0.360. The SMILES string of the molecule is Cc1cc2c(cc1C)N[C@@H](/C=C\c1ccccc1)[C@H]1C(=O)CC(C)(C)CC1=N2. The van der Waals surface area contributed by atoms with Crippen LogP contribution in [0, 0.1) is 25.2 Å². The van der Waals surface area contributed by atoms with E-state index < -0.39 is 0 Å². The fourth-order valence-electron chi connectivity index (χ4n) is 4.31. The largest absolute Gasteiger partial charge is 0.376 e. The number of Topliss-reactive ketones (excluding diaryl/α,β-unsaturated/α-hetero) is 1. The van der Waals surface area contributed by atoms with Crippen LogP contribution in [0.3, 0.4) is 0 Å². The first-order valence-electron chi connectivity index (χ1n) is 10.0. The second-order valence-corrected chi connectivity index (χ2v) is 8.96. The number of aryl methyl sites for hydroxylation is 2. The Morgan fingerprint density at radius 1 is 1.07 bits per heavy atom. The number of carbonyl (C=O) groups excluding carboxylic acids is 1. The van der Waals surface area contributed by atoms with Crippen LogP contribution in [0.25, 0.3) is 6.08 Å². The first-order chi connectivity index (χ1) is 13.3. The summed E-state index contributed by atoms with van der Waals surface area (Å²) in [6.45, 7) is 8.56. The van der Waals surface area contributed by atoms with E-state index in [1.165, 1.54) is 11.1 Å². The molecule has 28 heavy (non-hydrogen) atoms. The summed E-state index contributed by atoms with van der Waals surface area (Å²) < 4.78 is 0. The van der Waals surface area contributed by atoms with Crippen LogP contribution in [0.2, 0.25) is 0 Å². The topological polar surface area (TPSA) is 41.5 Å². The van der Waals surface area contributed by atoms with Crippen molar-refractivity contribution < 1.29 is 4.79 Å². The average Bonchev–Trinajstić information content (AvgIpc) is 2.76. The predicted octanol–water partition coefficient (Wildman–Crippen LogP) is 5.89. The Morgan fingerprint density at radius 2 is 1.79 bits per heavy atom. The molecule has 2 aromatic rings. The summed E-state index contributed by atoms with van der Waals surface area (Å²) in [5, 5.41) is 3.63. The molecule has 0 aromatic heterocycles. The van der Waals surface area contributed by atoms with E-state index in [0.717, 1.165) is 29.1 Å². The third kappa shape index (κ3) is 3.66. The monoisotopic (exact) mass is 372 g/mol. The Balaban J connectivity index is 1.79. The third-order valence-electron chi connectivity index (χ3n) is 5.87. The van der Waals surface area contributed by atoms with Crippen molar-refractivity contribution in [2.24, 2.45) is 16.3 Å². The van der Waals surface area contributed by atoms with Crippen LogP contribution in [-0.4, -0.2) is 17.5 Å². The van der Waals surface area contributed by atoms with Crippen molar-refractivity contribution in [1.29, 1.82) is 0 Å². The number of fused-ring (bicyclic) bond motifs is 2. The van der Waals surface area contributed by atoms with Gasteiger partial charge in [0.2, 0.25) is 0 Å². The molecule has 4 rings (SSSR count). The van der Waals surface area contributed by atoms with E-state index in [2.05, 4.69) is 69.4 Å². The molecule has 1 aliphatic carbocycles. The van der Waals surface area contributed by atoms with Crippen LogP contribution < -0.4 is 5.32 Å². The van der Waals surface area contributed by atoms with Gasteiger partial charge in [0.15, 0.2) is 0 Å². The van der Waals surface area contributed by atoms with Crippen molar-refractivity contribution in [2.45, 2.75) is 46.6 Å². The Kier molecular flexibility index (Phi) is 4.70. The van der Waals surface area contributed by atoms with Gasteiger partial charge in [-0.05, 0) is 54.5 Å². The molecule has 0 bridgehead atoms. The van der Waals surface area contributed by atoms with E-state index in [-0.39, 0.29) is 23.2 Å². The standard InChI is InChI=1S/C25H28N2O/c1-16-12-20-21(13-17(16)2)27-22-14-25(3,4)15-23(28)24(22)19(26-20)11-10-18-8-6-5-7-9-18/h5-13,19,24,26H,14-15H2,1-4H3/b11-10-/t19-,24+/m0/s1. The number of aliphatic imine (C=N–C) groups is 1. The van der Waals surface area contributed by atoms with Gasteiger partial charge in [-0.3, -0.25) is 9.79 Å². The Morgan fingerprint density at radius 3 is 2.54 bits per heavy atom. The van der Waals surface area contributed by atoms with E-state index in [1.807, 2.05) is 18.2 Å². The summed E-state index contributed by atoms with van der Waals surface area (Å²) >= 11 is 0. The van der Waals surface area contributed by atoms with Crippen LogP contribution in [0.4, 0.5) is 11.4 Å². The first-order valence-corrected chi connectivity index (χ1v) is 10.0. The van der Waals surface area contributed by atoms with E-state index in [1.54, 1.807) is 0 Å². The molecule has 2 atom stereocenters. The quantitative estimate of drug-likeness (QED) is 0.714. The number of nitrogens with one attached hydrogen (secondary N) is 1. The Labute approximate surface area is 167 Å². The van der Waals surface area contributed by atoms with Crippen molar-refractivity contribution >= 4 is 28.9 Å². The predicted molar refractivity (Wildman–Crippen MR) is 117 cm³/mol. The highest BCUT2D eigenvalue weighted by atomic mass is 16.1. The highest BCUT2D eigenvalue weighted by molar-refractivity contribution is 6.11. The number of carbonyl (C=O) groups is 1. The van der Waals surface area contributed by atoms with Crippen molar-refractivity contribution in [3.8, 4) is 0 Å². The lowest BCUT2D eigenvalue weighted by Gasteiger charge is -2.36. The highest BCUT2D eigenvalue weighted by Gasteiger charge is 2.42. The lowest BCUT2D eigenvalue weighted by molar-refractivity contribution is -0.123. The molecule has 1 aliphatic heterocycles. The summed E-state index contributed by atoms with van der Waals surface area (Å²) in [6, 6.07) is 14.4. The second-order valence-electron chi connectivity index (χ2n) is 8.96. The number of anilines is 1. The van der Waals surface area contributed by atoms with Gasteiger partial charge in [0.1, 0.15) is 5.78 Å². The molecule has 0 unspecified atom stereocenters. The van der Waals surface area contributed by atoms with Crippen molar-refractivity contribution in [3.05, 3.63) is 65.2 Å². The van der Waals surface area contributed by atoms with Gasteiger partial charge in [0, 0.05) is 12.1 Å². The molecule has 0 saturated heterocycles.